The Balaban J connectivity index is 2.30. The molecule has 3 nitrogen and oxygen atoms in total. The summed E-state index contributed by atoms with van der Waals surface area (Å²) in [6.45, 7) is 0.828. The second-order valence-electron chi connectivity index (χ2n) is 2.98. The summed E-state index contributed by atoms with van der Waals surface area (Å²) >= 11 is 0. The number of hydrogen-bond donors (Lipinski definition) is 1. The Bertz CT molecular complexity index is 376. The molecule has 1 N–H and O–H groups in total. The molecule has 0 amide bonds. The van der Waals surface area contributed by atoms with Crippen LogP contribution in [0, 0.1) is 11.3 Å². The van der Waals surface area contributed by atoms with Crippen LogP contribution in [0.3, 0.4) is 0 Å². The lowest BCUT2D eigenvalue weighted by molar-refractivity contribution is 0.764. The summed E-state index contributed by atoms with van der Waals surface area (Å²) in [4.78, 5) is 0. The van der Waals surface area contributed by atoms with Crippen LogP contribution < -0.4 is 5.43 Å². The maximum absolute atomic E-state index is 8.71. The highest BCUT2D eigenvalue weighted by Crippen LogP contribution is 2.16. The van der Waals surface area contributed by atoms with Gasteiger partial charge in [0.2, 0.25) is 0 Å². The van der Waals surface area contributed by atoms with Crippen LogP contribution in [-0.2, 0) is 0 Å². The number of hydrogen-bond acceptors (Lipinski definition) is 3. The van der Waals surface area contributed by atoms with E-state index in [9.17, 15) is 0 Å². The maximum Gasteiger partial charge on any atom is 0.0991 e. The van der Waals surface area contributed by atoms with Crippen molar-refractivity contribution in [1.29, 1.82) is 5.26 Å². The molecule has 13 heavy (non-hydrogen) atoms. The van der Waals surface area contributed by atoms with E-state index in [0.29, 0.717) is 11.5 Å². The van der Waals surface area contributed by atoms with Crippen LogP contribution in [0.5, 0.6) is 0 Å². The van der Waals surface area contributed by atoms with Crippen molar-refractivity contribution in [3.63, 3.8) is 0 Å². The van der Waals surface area contributed by atoms with E-state index in [1.165, 1.54) is 0 Å². The van der Waals surface area contributed by atoms with Gasteiger partial charge in [0.05, 0.1) is 11.6 Å². The van der Waals surface area contributed by atoms with Gasteiger partial charge in [-0.15, -0.1) is 0 Å². The zero-order chi connectivity index (χ0) is 9.10. The van der Waals surface area contributed by atoms with Crippen molar-refractivity contribution in [1.82, 2.24) is 5.43 Å². The van der Waals surface area contributed by atoms with Crippen molar-refractivity contribution in [2.75, 3.05) is 6.54 Å². The topological polar surface area (TPSA) is 48.2 Å². The van der Waals surface area contributed by atoms with Crippen LogP contribution in [-0.4, -0.2) is 12.8 Å². The first kappa shape index (κ1) is 7.81. The summed E-state index contributed by atoms with van der Waals surface area (Å²) in [7, 11) is 0. The average Bonchev–Trinajstić information content (AvgIpc) is 2.71. The van der Waals surface area contributed by atoms with Crippen LogP contribution in [0.1, 0.15) is 17.0 Å². The van der Waals surface area contributed by atoms with Crippen molar-refractivity contribution >= 4 is 6.21 Å². The van der Waals surface area contributed by atoms with Gasteiger partial charge in [-0.3, -0.25) is 0 Å². The lowest BCUT2D eigenvalue weighted by Gasteiger charge is -2.05. The van der Waals surface area contributed by atoms with Gasteiger partial charge in [0.1, 0.15) is 0 Å². The quantitative estimate of drug-likeness (QED) is 0.690. The molecule has 0 saturated carbocycles. The van der Waals surface area contributed by atoms with Gasteiger partial charge in [-0.2, -0.15) is 10.4 Å². The van der Waals surface area contributed by atoms with Crippen molar-refractivity contribution in [2.24, 2.45) is 5.10 Å². The first-order chi connectivity index (χ1) is 6.40. The Kier molecular flexibility index (Phi) is 1.97. The van der Waals surface area contributed by atoms with Crippen LogP contribution in [0.2, 0.25) is 0 Å². The fourth-order valence-electron chi connectivity index (χ4n) is 1.39. The highest BCUT2D eigenvalue weighted by molar-refractivity contribution is 5.70. The van der Waals surface area contributed by atoms with Crippen LogP contribution >= 0.6 is 0 Å². The molecular weight excluding hydrogens is 162 g/mol. The molecule has 0 fully saturated rings. The summed E-state index contributed by atoms with van der Waals surface area (Å²) in [6, 6.07) is 9.76. The fourth-order valence-corrected chi connectivity index (χ4v) is 1.39. The number of nitrogens with one attached hydrogen (secondary N) is 1. The molecule has 0 aromatic heterocycles. The SMILES string of the molecule is N#Cc1cccc(C2C=NNC2)c1. The standard InChI is InChI=1S/C10H9N3/c11-5-8-2-1-3-9(4-8)10-6-12-13-7-10/h1-4,6,10,13H,7H2. The molecule has 1 aliphatic rings. The van der Waals surface area contributed by atoms with Gasteiger partial charge in [-0.25, -0.2) is 0 Å². The van der Waals surface area contributed by atoms with Gasteiger partial charge in [0, 0.05) is 18.7 Å². The maximum atomic E-state index is 8.71. The Labute approximate surface area is 76.7 Å². The summed E-state index contributed by atoms with van der Waals surface area (Å²) in [6.07, 6.45) is 1.87. The summed E-state index contributed by atoms with van der Waals surface area (Å²) in [5, 5.41) is 12.6. The van der Waals surface area contributed by atoms with Crippen molar-refractivity contribution in [2.45, 2.75) is 5.92 Å². The van der Waals surface area contributed by atoms with Gasteiger partial charge in [-0.1, -0.05) is 12.1 Å². The Hall–Kier alpha value is -1.82. The Morgan fingerprint density at radius 2 is 2.46 bits per heavy atom. The molecule has 0 spiro atoms. The van der Waals surface area contributed by atoms with Crippen LogP contribution in [0.4, 0.5) is 0 Å². The first-order valence-electron chi connectivity index (χ1n) is 4.16. The summed E-state index contributed by atoms with van der Waals surface area (Å²) < 4.78 is 0. The van der Waals surface area contributed by atoms with E-state index in [1.54, 1.807) is 0 Å². The molecule has 1 unspecified atom stereocenters. The van der Waals surface area contributed by atoms with E-state index in [2.05, 4.69) is 16.6 Å². The van der Waals surface area contributed by atoms with E-state index >= 15 is 0 Å². The smallest absolute Gasteiger partial charge is 0.0991 e. The monoisotopic (exact) mass is 171 g/mol. The number of rotatable bonds is 1. The third kappa shape index (κ3) is 1.52. The minimum Gasteiger partial charge on any atom is -0.309 e. The first-order valence-corrected chi connectivity index (χ1v) is 4.16. The van der Waals surface area contributed by atoms with Gasteiger partial charge in [0.15, 0.2) is 0 Å². The Morgan fingerprint density at radius 3 is 3.15 bits per heavy atom. The third-order valence-electron chi connectivity index (χ3n) is 2.10. The summed E-state index contributed by atoms with van der Waals surface area (Å²) in [5.41, 5.74) is 4.75. The third-order valence-corrected chi connectivity index (χ3v) is 2.10. The van der Waals surface area contributed by atoms with Crippen LogP contribution in [0.15, 0.2) is 29.4 Å². The summed E-state index contributed by atoms with van der Waals surface area (Å²) in [5.74, 6) is 0.313. The van der Waals surface area contributed by atoms with E-state index < -0.39 is 0 Å². The number of benzene rings is 1. The second kappa shape index (κ2) is 3.28. The van der Waals surface area contributed by atoms with Gasteiger partial charge in [0.25, 0.3) is 0 Å². The van der Waals surface area contributed by atoms with E-state index in [0.717, 1.165) is 12.1 Å². The van der Waals surface area contributed by atoms with Gasteiger partial charge >= 0.3 is 0 Å². The highest BCUT2D eigenvalue weighted by atomic mass is 15.3. The van der Waals surface area contributed by atoms with Crippen molar-refractivity contribution in [3.8, 4) is 6.07 Å². The number of hydrazone groups is 1. The molecular formula is C10H9N3. The van der Waals surface area contributed by atoms with Gasteiger partial charge < -0.3 is 5.43 Å². The van der Waals surface area contributed by atoms with E-state index in [4.69, 9.17) is 5.26 Å². The molecule has 2 rings (SSSR count). The highest BCUT2D eigenvalue weighted by Gasteiger charge is 2.12. The van der Waals surface area contributed by atoms with Crippen molar-refractivity contribution in [3.05, 3.63) is 35.4 Å². The molecule has 0 aliphatic carbocycles. The molecule has 1 heterocycles. The molecule has 1 aliphatic heterocycles. The molecule has 1 aromatic carbocycles. The molecule has 0 saturated heterocycles. The lowest BCUT2D eigenvalue weighted by atomic mass is 9.99. The molecule has 3 heteroatoms. The second-order valence-corrected chi connectivity index (χ2v) is 2.98. The van der Waals surface area contributed by atoms with E-state index in [1.807, 2.05) is 30.5 Å². The normalized spacial score (nSPS) is 19.5. The predicted molar refractivity (Wildman–Crippen MR) is 50.4 cm³/mol. The molecule has 0 radical (unpaired) electrons. The zero-order valence-electron chi connectivity index (χ0n) is 7.07. The van der Waals surface area contributed by atoms with Gasteiger partial charge in [-0.05, 0) is 17.7 Å². The molecule has 0 bridgehead atoms. The average molecular weight is 171 g/mol. The predicted octanol–water partition coefficient (Wildman–Crippen LogP) is 1.23. The lowest BCUT2D eigenvalue weighted by Crippen LogP contribution is -2.08. The molecule has 64 valence electrons. The van der Waals surface area contributed by atoms with Crippen molar-refractivity contribution < 1.29 is 0 Å². The number of nitriles is 1. The largest absolute Gasteiger partial charge is 0.309 e. The number of nitrogens with zero attached hydrogens (tertiary/aromatic N) is 2. The zero-order valence-corrected chi connectivity index (χ0v) is 7.07. The minimum atomic E-state index is 0.313. The van der Waals surface area contributed by atoms with E-state index in [-0.39, 0.29) is 0 Å². The fraction of sp³-hybridized carbons (Fsp3) is 0.200. The minimum absolute atomic E-state index is 0.313. The Morgan fingerprint density at radius 1 is 1.54 bits per heavy atom. The molecule has 1 atom stereocenters. The molecule has 1 aromatic rings. The van der Waals surface area contributed by atoms with Crippen LogP contribution in [0.25, 0.3) is 0 Å².